The average molecular weight is 344 g/mol. The highest BCUT2D eigenvalue weighted by atomic mass is 16.3. The molecular formula is C21H32N2O2. The number of likely N-dealkylation sites (tertiary alicyclic amines) is 2. The molecule has 2 aliphatic rings. The van der Waals surface area contributed by atoms with Gasteiger partial charge in [-0.25, -0.2) is 0 Å². The number of aromatic hydroxyl groups is 1. The maximum absolute atomic E-state index is 12.8. The molecular weight excluding hydrogens is 312 g/mol. The van der Waals surface area contributed by atoms with Crippen molar-refractivity contribution < 1.29 is 9.90 Å². The van der Waals surface area contributed by atoms with Gasteiger partial charge in [0, 0.05) is 31.1 Å². The van der Waals surface area contributed by atoms with Crippen LogP contribution in [0.5, 0.6) is 5.75 Å². The van der Waals surface area contributed by atoms with E-state index < -0.39 is 0 Å². The van der Waals surface area contributed by atoms with Crippen LogP contribution in [0.15, 0.2) is 12.1 Å². The Hall–Kier alpha value is -1.55. The molecule has 0 saturated carbocycles. The lowest BCUT2D eigenvalue weighted by atomic mass is 9.92. The lowest BCUT2D eigenvalue weighted by molar-refractivity contribution is -0.138. The molecule has 0 radical (unpaired) electrons. The minimum atomic E-state index is 0.190. The van der Waals surface area contributed by atoms with Gasteiger partial charge in [-0.05, 0) is 75.7 Å². The van der Waals surface area contributed by atoms with Gasteiger partial charge < -0.3 is 10.0 Å². The molecule has 1 atom stereocenters. The highest BCUT2D eigenvalue weighted by molar-refractivity contribution is 5.79. The van der Waals surface area contributed by atoms with Crippen molar-refractivity contribution in [2.75, 3.05) is 26.2 Å². The lowest BCUT2D eigenvalue weighted by Gasteiger charge is -2.37. The Balaban J connectivity index is 1.53. The number of nitrogens with zero attached hydrogens (tertiary/aromatic N) is 2. The zero-order chi connectivity index (χ0) is 18.0. The first-order valence-electron chi connectivity index (χ1n) is 9.74. The Kier molecular flexibility index (Phi) is 5.67. The summed E-state index contributed by atoms with van der Waals surface area (Å²) in [6.45, 7) is 10.9. The van der Waals surface area contributed by atoms with E-state index in [0.29, 0.717) is 17.6 Å². The minimum Gasteiger partial charge on any atom is -0.508 e. The molecule has 0 unspecified atom stereocenters. The van der Waals surface area contributed by atoms with Crippen LogP contribution in [0.25, 0.3) is 0 Å². The highest BCUT2D eigenvalue weighted by Crippen LogP contribution is 2.27. The standard InChI is InChI=1S/C21H32N2O2/c1-15-5-4-8-23(13-15)21(25)18-6-9-22(10-7-18)14-19-11-16(2)17(3)12-20(19)24/h11-12,15,18,24H,4-10,13-14H2,1-3H3/t15-/m0/s1. The van der Waals surface area contributed by atoms with Gasteiger partial charge in [0.25, 0.3) is 0 Å². The number of carbonyl (C=O) groups excluding carboxylic acids is 1. The van der Waals surface area contributed by atoms with Gasteiger partial charge in [-0.1, -0.05) is 13.0 Å². The van der Waals surface area contributed by atoms with Crippen molar-refractivity contribution >= 4 is 5.91 Å². The van der Waals surface area contributed by atoms with Crippen molar-refractivity contribution in [3.05, 3.63) is 28.8 Å². The number of hydrogen-bond donors (Lipinski definition) is 1. The third kappa shape index (κ3) is 4.35. The molecule has 1 aromatic carbocycles. The number of rotatable bonds is 3. The van der Waals surface area contributed by atoms with E-state index >= 15 is 0 Å². The van der Waals surface area contributed by atoms with Crippen LogP contribution < -0.4 is 0 Å². The summed E-state index contributed by atoms with van der Waals surface area (Å²) in [5.41, 5.74) is 3.34. The number of amides is 1. The summed E-state index contributed by atoms with van der Waals surface area (Å²) in [6, 6.07) is 3.95. The molecule has 2 saturated heterocycles. The normalized spacial score (nSPS) is 23.0. The molecule has 0 bridgehead atoms. The molecule has 4 heteroatoms. The molecule has 138 valence electrons. The van der Waals surface area contributed by atoms with Gasteiger partial charge in [0.05, 0.1) is 0 Å². The van der Waals surface area contributed by atoms with Crippen LogP contribution in [0.2, 0.25) is 0 Å². The first kappa shape index (κ1) is 18.2. The molecule has 4 nitrogen and oxygen atoms in total. The van der Waals surface area contributed by atoms with E-state index in [1.54, 1.807) is 0 Å². The van der Waals surface area contributed by atoms with Crippen LogP contribution >= 0.6 is 0 Å². The molecule has 1 aromatic rings. The molecule has 25 heavy (non-hydrogen) atoms. The van der Waals surface area contributed by atoms with Gasteiger partial charge in [-0.3, -0.25) is 9.69 Å². The summed E-state index contributed by atoms with van der Waals surface area (Å²) >= 11 is 0. The Labute approximate surface area is 151 Å². The first-order chi connectivity index (χ1) is 11.9. The van der Waals surface area contributed by atoms with Crippen LogP contribution in [-0.2, 0) is 11.3 Å². The Morgan fingerprint density at radius 1 is 1.12 bits per heavy atom. The third-order valence-corrected chi connectivity index (χ3v) is 5.99. The van der Waals surface area contributed by atoms with Crippen molar-refractivity contribution in [2.45, 2.75) is 53.0 Å². The van der Waals surface area contributed by atoms with E-state index in [1.807, 2.05) is 13.0 Å². The number of aryl methyl sites for hydroxylation is 2. The number of piperidine rings is 2. The second-order valence-electron chi connectivity index (χ2n) is 8.15. The largest absolute Gasteiger partial charge is 0.508 e. The maximum atomic E-state index is 12.8. The van der Waals surface area contributed by atoms with Crippen LogP contribution in [0.4, 0.5) is 0 Å². The molecule has 2 aliphatic heterocycles. The van der Waals surface area contributed by atoms with Crippen LogP contribution in [0, 0.1) is 25.7 Å². The number of benzene rings is 1. The second-order valence-corrected chi connectivity index (χ2v) is 8.15. The van der Waals surface area contributed by atoms with Crippen LogP contribution in [0.1, 0.15) is 49.3 Å². The summed E-state index contributed by atoms with van der Waals surface area (Å²) < 4.78 is 0. The number of hydrogen-bond acceptors (Lipinski definition) is 3. The smallest absolute Gasteiger partial charge is 0.225 e. The zero-order valence-electron chi connectivity index (χ0n) is 15.9. The third-order valence-electron chi connectivity index (χ3n) is 5.99. The summed E-state index contributed by atoms with van der Waals surface area (Å²) in [7, 11) is 0. The van der Waals surface area contributed by atoms with Gasteiger partial charge in [-0.15, -0.1) is 0 Å². The monoisotopic (exact) mass is 344 g/mol. The lowest BCUT2D eigenvalue weighted by Crippen LogP contribution is -2.45. The number of carbonyl (C=O) groups is 1. The van der Waals surface area contributed by atoms with E-state index in [2.05, 4.69) is 29.7 Å². The van der Waals surface area contributed by atoms with Crippen molar-refractivity contribution in [1.82, 2.24) is 9.80 Å². The average Bonchev–Trinajstić information content (AvgIpc) is 2.60. The van der Waals surface area contributed by atoms with Gasteiger partial charge in [0.2, 0.25) is 5.91 Å². The van der Waals surface area contributed by atoms with E-state index in [4.69, 9.17) is 0 Å². The molecule has 2 fully saturated rings. The van der Waals surface area contributed by atoms with E-state index in [1.165, 1.54) is 12.0 Å². The number of phenolic OH excluding ortho intramolecular Hbond substituents is 1. The summed E-state index contributed by atoms with van der Waals surface area (Å²) in [6.07, 6.45) is 4.28. The molecule has 0 aliphatic carbocycles. The summed E-state index contributed by atoms with van der Waals surface area (Å²) in [4.78, 5) is 17.2. The highest BCUT2D eigenvalue weighted by Gasteiger charge is 2.30. The fourth-order valence-corrected chi connectivity index (χ4v) is 4.21. The zero-order valence-corrected chi connectivity index (χ0v) is 15.9. The molecule has 2 heterocycles. The SMILES string of the molecule is Cc1cc(O)c(CN2CCC(C(=O)N3CCC[C@H](C)C3)CC2)cc1C. The van der Waals surface area contributed by atoms with Gasteiger partial charge in [0.15, 0.2) is 0 Å². The van der Waals surface area contributed by atoms with E-state index in [9.17, 15) is 9.90 Å². The van der Waals surface area contributed by atoms with Gasteiger partial charge in [0.1, 0.15) is 5.75 Å². The predicted molar refractivity (Wildman–Crippen MR) is 101 cm³/mol. The fourth-order valence-electron chi connectivity index (χ4n) is 4.21. The summed E-state index contributed by atoms with van der Waals surface area (Å²) in [5, 5.41) is 10.2. The Morgan fingerprint density at radius 3 is 2.48 bits per heavy atom. The minimum absolute atomic E-state index is 0.190. The predicted octanol–water partition coefficient (Wildman–Crippen LogP) is 3.48. The maximum Gasteiger partial charge on any atom is 0.225 e. The first-order valence-corrected chi connectivity index (χ1v) is 9.74. The fraction of sp³-hybridized carbons (Fsp3) is 0.667. The van der Waals surface area contributed by atoms with Crippen LogP contribution in [-0.4, -0.2) is 47.0 Å². The quantitative estimate of drug-likeness (QED) is 0.913. The topological polar surface area (TPSA) is 43.8 Å². The van der Waals surface area contributed by atoms with E-state index in [0.717, 1.165) is 63.1 Å². The van der Waals surface area contributed by atoms with E-state index in [-0.39, 0.29) is 5.92 Å². The van der Waals surface area contributed by atoms with Crippen molar-refractivity contribution in [1.29, 1.82) is 0 Å². The second kappa shape index (κ2) is 7.77. The van der Waals surface area contributed by atoms with Crippen molar-refractivity contribution in [2.24, 2.45) is 11.8 Å². The molecule has 1 N–H and O–H groups in total. The van der Waals surface area contributed by atoms with Gasteiger partial charge >= 0.3 is 0 Å². The van der Waals surface area contributed by atoms with Crippen molar-refractivity contribution in [3.63, 3.8) is 0 Å². The van der Waals surface area contributed by atoms with Crippen LogP contribution in [0.3, 0.4) is 0 Å². The summed E-state index contributed by atoms with van der Waals surface area (Å²) in [5.74, 6) is 1.60. The number of phenols is 1. The Bertz CT molecular complexity index is 621. The molecule has 0 aromatic heterocycles. The van der Waals surface area contributed by atoms with Crippen molar-refractivity contribution in [3.8, 4) is 5.75 Å². The van der Waals surface area contributed by atoms with Gasteiger partial charge in [-0.2, -0.15) is 0 Å². The molecule has 0 spiro atoms. The molecule has 1 amide bonds. The Morgan fingerprint density at radius 2 is 1.80 bits per heavy atom. The molecule has 3 rings (SSSR count).